The number of anilines is 1. The summed E-state index contributed by atoms with van der Waals surface area (Å²) in [7, 11) is 1.67. The molecule has 1 aromatic carbocycles. The number of nitrogens with two attached hydrogens (primary N) is 1. The molecule has 0 atom stereocenters. The van der Waals surface area contributed by atoms with E-state index in [4.69, 9.17) is 15.5 Å². The molecule has 114 valence electrons. The van der Waals surface area contributed by atoms with Crippen molar-refractivity contribution in [3.8, 4) is 17.0 Å². The van der Waals surface area contributed by atoms with Crippen LogP contribution in [0.4, 0.5) is 5.82 Å². The lowest BCUT2D eigenvalue weighted by Crippen LogP contribution is -1.97. The van der Waals surface area contributed by atoms with E-state index >= 15 is 0 Å². The first kappa shape index (κ1) is 14.4. The van der Waals surface area contributed by atoms with Gasteiger partial charge in [-0.2, -0.15) is 0 Å². The predicted molar refractivity (Wildman–Crippen MR) is 90.4 cm³/mol. The largest absolute Gasteiger partial charge is 0.496 e. The number of hydrogen-bond donors (Lipinski definition) is 1. The van der Waals surface area contributed by atoms with Crippen LogP contribution < -0.4 is 10.5 Å². The maximum absolute atomic E-state index is 6.32. The molecule has 0 spiro atoms. The van der Waals surface area contributed by atoms with Gasteiger partial charge in [-0.05, 0) is 48.2 Å². The normalized spacial score (nSPS) is 11.3. The van der Waals surface area contributed by atoms with Crippen LogP contribution in [0, 0.1) is 6.92 Å². The highest BCUT2D eigenvalue weighted by atomic mass is 16.5. The number of aromatic nitrogens is 2. The number of imidazole rings is 1. The molecule has 0 radical (unpaired) electrons. The Morgan fingerprint density at radius 1 is 1.18 bits per heavy atom. The molecule has 0 fully saturated rings. The summed E-state index contributed by atoms with van der Waals surface area (Å²) in [6.07, 6.45) is 1.95. The van der Waals surface area contributed by atoms with Crippen LogP contribution in [-0.2, 0) is 0 Å². The summed E-state index contributed by atoms with van der Waals surface area (Å²) in [6, 6.07) is 10.2. The smallest absolute Gasteiger partial charge is 0.139 e. The Hall–Kier alpha value is -2.49. The number of benzene rings is 1. The first-order chi connectivity index (χ1) is 10.5. The Morgan fingerprint density at radius 3 is 2.64 bits per heavy atom. The highest BCUT2D eigenvalue weighted by Gasteiger charge is 2.16. The lowest BCUT2D eigenvalue weighted by Gasteiger charge is -2.12. The molecular weight excluding hydrogens is 274 g/mol. The molecule has 0 aliphatic heterocycles. The minimum atomic E-state index is 0.435. The monoisotopic (exact) mass is 295 g/mol. The molecule has 0 saturated heterocycles. The van der Waals surface area contributed by atoms with Crippen molar-refractivity contribution in [2.24, 2.45) is 0 Å². The van der Waals surface area contributed by atoms with E-state index in [1.807, 2.05) is 35.7 Å². The zero-order chi connectivity index (χ0) is 15.9. The average molecular weight is 295 g/mol. The molecule has 2 aromatic heterocycles. The second kappa shape index (κ2) is 5.37. The number of rotatable bonds is 3. The summed E-state index contributed by atoms with van der Waals surface area (Å²) < 4.78 is 7.41. The summed E-state index contributed by atoms with van der Waals surface area (Å²) >= 11 is 0. The van der Waals surface area contributed by atoms with Gasteiger partial charge in [0.15, 0.2) is 0 Å². The zero-order valence-corrected chi connectivity index (χ0v) is 13.4. The third-order valence-corrected chi connectivity index (χ3v) is 3.96. The van der Waals surface area contributed by atoms with Crippen LogP contribution in [0.2, 0.25) is 0 Å². The summed E-state index contributed by atoms with van der Waals surface area (Å²) in [5.74, 6) is 1.86. The van der Waals surface area contributed by atoms with Gasteiger partial charge in [0, 0.05) is 11.8 Å². The third-order valence-electron chi connectivity index (χ3n) is 3.96. The molecule has 0 unspecified atom stereocenters. The van der Waals surface area contributed by atoms with Crippen molar-refractivity contribution in [3.63, 3.8) is 0 Å². The molecule has 0 aliphatic rings. The quantitative estimate of drug-likeness (QED) is 0.794. The lowest BCUT2D eigenvalue weighted by atomic mass is 9.99. The van der Waals surface area contributed by atoms with E-state index in [-0.39, 0.29) is 0 Å². The Bertz CT molecular complexity index is 834. The molecule has 2 N–H and O–H groups in total. The molecule has 4 heteroatoms. The lowest BCUT2D eigenvalue weighted by molar-refractivity contribution is 0.416. The van der Waals surface area contributed by atoms with E-state index in [9.17, 15) is 0 Å². The molecule has 0 saturated carbocycles. The van der Waals surface area contributed by atoms with Gasteiger partial charge in [0.05, 0.1) is 7.11 Å². The Balaban J connectivity index is 2.26. The Labute approximate surface area is 130 Å². The van der Waals surface area contributed by atoms with Gasteiger partial charge in [-0.15, -0.1) is 0 Å². The van der Waals surface area contributed by atoms with E-state index in [1.165, 1.54) is 5.56 Å². The highest BCUT2D eigenvalue weighted by molar-refractivity contribution is 5.79. The van der Waals surface area contributed by atoms with Gasteiger partial charge in [0.25, 0.3) is 0 Å². The van der Waals surface area contributed by atoms with Crippen molar-refractivity contribution in [3.05, 3.63) is 47.7 Å². The van der Waals surface area contributed by atoms with Crippen LogP contribution in [-0.4, -0.2) is 16.5 Å². The minimum Gasteiger partial charge on any atom is -0.496 e. The molecule has 0 amide bonds. The summed E-state index contributed by atoms with van der Waals surface area (Å²) in [5, 5.41) is 0. The van der Waals surface area contributed by atoms with Crippen LogP contribution in [0.25, 0.3) is 16.9 Å². The fraction of sp³-hybridized carbons (Fsp3) is 0.278. The van der Waals surface area contributed by atoms with Crippen LogP contribution in [0.3, 0.4) is 0 Å². The number of ether oxygens (including phenoxy) is 1. The average Bonchev–Trinajstić information content (AvgIpc) is 2.82. The summed E-state index contributed by atoms with van der Waals surface area (Å²) in [6.45, 7) is 6.38. The number of hydrogen-bond acceptors (Lipinski definition) is 3. The second-order valence-electron chi connectivity index (χ2n) is 5.89. The predicted octanol–water partition coefficient (Wildman–Crippen LogP) is 4.02. The van der Waals surface area contributed by atoms with E-state index in [2.05, 4.69) is 26.0 Å². The van der Waals surface area contributed by atoms with Crippen LogP contribution in [0.1, 0.15) is 30.9 Å². The number of methoxy groups -OCH3 is 1. The van der Waals surface area contributed by atoms with Gasteiger partial charge in [0.2, 0.25) is 0 Å². The number of pyridine rings is 1. The van der Waals surface area contributed by atoms with Gasteiger partial charge in [0.1, 0.15) is 22.9 Å². The zero-order valence-electron chi connectivity index (χ0n) is 13.4. The Kier molecular flexibility index (Phi) is 3.53. The topological polar surface area (TPSA) is 52.5 Å². The standard InChI is InChI=1S/C18H21N3O/c1-11(2)13-5-6-15(22-4)14(10-13)17-18(19)21-8-7-12(3)9-16(21)20-17/h5-11H,19H2,1-4H3. The molecule has 3 rings (SSSR count). The van der Waals surface area contributed by atoms with Gasteiger partial charge >= 0.3 is 0 Å². The summed E-state index contributed by atoms with van der Waals surface area (Å²) in [4.78, 5) is 4.71. The van der Waals surface area contributed by atoms with Crippen molar-refractivity contribution in [1.29, 1.82) is 0 Å². The number of nitrogens with zero attached hydrogens (tertiary/aromatic N) is 2. The molecule has 0 aliphatic carbocycles. The van der Waals surface area contributed by atoms with Gasteiger partial charge < -0.3 is 10.5 Å². The molecule has 4 nitrogen and oxygen atoms in total. The van der Waals surface area contributed by atoms with Gasteiger partial charge in [-0.25, -0.2) is 4.98 Å². The van der Waals surface area contributed by atoms with Crippen molar-refractivity contribution >= 4 is 11.5 Å². The fourth-order valence-corrected chi connectivity index (χ4v) is 2.63. The van der Waals surface area contributed by atoms with E-state index in [1.54, 1.807) is 7.11 Å². The van der Waals surface area contributed by atoms with Crippen molar-refractivity contribution in [2.45, 2.75) is 26.7 Å². The molecule has 22 heavy (non-hydrogen) atoms. The van der Waals surface area contributed by atoms with E-state index < -0.39 is 0 Å². The Morgan fingerprint density at radius 2 is 1.95 bits per heavy atom. The van der Waals surface area contributed by atoms with Crippen LogP contribution >= 0.6 is 0 Å². The minimum absolute atomic E-state index is 0.435. The highest BCUT2D eigenvalue weighted by Crippen LogP contribution is 2.36. The number of fused-ring (bicyclic) bond motifs is 1. The summed E-state index contributed by atoms with van der Waals surface area (Å²) in [5.41, 5.74) is 11.3. The van der Waals surface area contributed by atoms with E-state index in [0.29, 0.717) is 11.7 Å². The van der Waals surface area contributed by atoms with Crippen LogP contribution in [0.5, 0.6) is 5.75 Å². The van der Waals surface area contributed by atoms with Crippen molar-refractivity contribution in [2.75, 3.05) is 12.8 Å². The van der Waals surface area contributed by atoms with Crippen molar-refractivity contribution < 1.29 is 4.74 Å². The van der Waals surface area contributed by atoms with E-state index in [0.717, 1.165) is 28.2 Å². The first-order valence-corrected chi connectivity index (χ1v) is 7.43. The van der Waals surface area contributed by atoms with Gasteiger partial charge in [-0.3, -0.25) is 4.40 Å². The molecular formula is C18H21N3O. The molecule has 2 heterocycles. The van der Waals surface area contributed by atoms with Gasteiger partial charge in [-0.1, -0.05) is 19.9 Å². The number of nitrogen functional groups attached to an aromatic ring is 1. The maximum Gasteiger partial charge on any atom is 0.139 e. The van der Waals surface area contributed by atoms with Crippen LogP contribution in [0.15, 0.2) is 36.5 Å². The molecule has 0 bridgehead atoms. The SMILES string of the molecule is COc1ccc(C(C)C)cc1-c1nc2cc(C)ccn2c1N. The first-order valence-electron chi connectivity index (χ1n) is 7.43. The maximum atomic E-state index is 6.32. The second-order valence-corrected chi connectivity index (χ2v) is 5.89. The van der Waals surface area contributed by atoms with Crippen molar-refractivity contribution in [1.82, 2.24) is 9.38 Å². The number of aryl methyl sites for hydroxylation is 1. The molecule has 3 aromatic rings. The fourth-order valence-electron chi connectivity index (χ4n) is 2.63. The third kappa shape index (κ3) is 2.30.